The number of hydrogen-bond acceptors (Lipinski definition) is 10. The zero-order chi connectivity index (χ0) is 17.4. The topological polar surface area (TPSA) is 152 Å². The van der Waals surface area contributed by atoms with E-state index in [9.17, 15) is 15.3 Å². The van der Waals surface area contributed by atoms with Gasteiger partial charge in [-0.3, -0.25) is 0 Å². The van der Waals surface area contributed by atoms with Gasteiger partial charge in [0.25, 0.3) is 0 Å². The van der Waals surface area contributed by atoms with Gasteiger partial charge in [0.2, 0.25) is 0 Å². The van der Waals surface area contributed by atoms with Crippen LogP contribution in [0, 0.1) is 0 Å². The molecule has 11 heteroatoms. The zero-order valence-electron chi connectivity index (χ0n) is 12.9. The predicted octanol–water partition coefficient (Wildman–Crippen LogP) is -0.962. The normalized spacial score (nSPS) is 26.4. The Bertz CT molecular complexity index is 853. The van der Waals surface area contributed by atoms with E-state index in [1.807, 2.05) is 6.07 Å². The number of nitrogens with zero attached hydrogens (tertiary/aromatic N) is 5. The van der Waals surface area contributed by atoms with E-state index in [-0.39, 0.29) is 0 Å². The fourth-order valence-electron chi connectivity index (χ4n) is 2.73. The molecular weight excluding hydrogens is 332 g/mol. The molecule has 0 aliphatic carbocycles. The molecule has 1 saturated heterocycles. The molecule has 132 valence electrons. The van der Waals surface area contributed by atoms with Crippen molar-refractivity contribution in [2.45, 2.75) is 31.1 Å². The minimum Gasteiger partial charge on any atom is -0.467 e. The molecule has 4 rings (SSSR count). The number of nitrogens with one attached hydrogen (secondary N) is 1. The number of aromatic nitrogens is 5. The maximum absolute atomic E-state index is 10.1. The van der Waals surface area contributed by atoms with E-state index in [4.69, 9.17) is 9.15 Å². The van der Waals surface area contributed by atoms with Crippen molar-refractivity contribution in [1.29, 1.82) is 0 Å². The van der Waals surface area contributed by atoms with Crippen molar-refractivity contribution < 1.29 is 24.5 Å². The standard InChI is InChI=1S/C14H16N6O5/c21-5-8-10(22)11(23)14(25-8)20-13-9(18-19-20)12(16-6-17-13)15-4-7-2-1-3-24-7/h1-3,6,8,10-11,14,21-23H,4-5H2,(H,15,16,17)/t8-,10?,11+,14-/m1/s1. The number of ether oxygens (including phenoxy) is 1. The second-order valence-electron chi connectivity index (χ2n) is 5.59. The Morgan fingerprint density at radius 3 is 2.84 bits per heavy atom. The first-order valence-electron chi connectivity index (χ1n) is 7.63. The van der Waals surface area contributed by atoms with Gasteiger partial charge >= 0.3 is 0 Å². The van der Waals surface area contributed by atoms with Crippen molar-refractivity contribution >= 4 is 17.0 Å². The molecule has 3 aromatic heterocycles. The van der Waals surface area contributed by atoms with Crippen molar-refractivity contribution in [2.75, 3.05) is 11.9 Å². The molecular formula is C14H16N6O5. The molecule has 0 bridgehead atoms. The first-order chi connectivity index (χ1) is 12.2. The van der Waals surface area contributed by atoms with E-state index in [0.29, 0.717) is 23.5 Å². The second kappa shape index (κ2) is 6.37. The smallest absolute Gasteiger partial charge is 0.186 e. The molecule has 1 aliphatic rings. The van der Waals surface area contributed by atoms with Gasteiger partial charge in [-0.1, -0.05) is 5.21 Å². The highest BCUT2D eigenvalue weighted by atomic mass is 16.6. The monoisotopic (exact) mass is 348 g/mol. The van der Waals surface area contributed by atoms with Gasteiger partial charge < -0.3 is 29.8 Å². The van der Waals surface area contributed by atoms with E-state index in [2.05, 4.69) is 25.6 Å². The molecule has 1 fully saturated rings. The van der Waals surface area contributed by atoms with Crippen molar-refractivity contribution in [3.05, 3.63) is 30.5 Å². The minimum atomic E-state index is -1.27. The number of aliphatic hydroxyl groups is 3. The van der Waals surface area contributed by atoms with E-state index in [0.717, 1.165) is 5.76 Å². The van der Waals surface area contributed by atoms with Crippen LogP contribution in [0.3, 0.4) is 0 Å². The molecule has 3 aromatic rings. The van der Waals surface area contributed by atoms with Crippen LogP contribution in [0.5, 0.6) is 0 Å². The van der Waals surface area contributed by atoms with Gasteiger partial charge in [-0.15, -0.1) is 5.10 Å². The van der Waals surface area contributed by atoms with Crippen LogP contribution in [0.2, 0.25) is 0 Å². The van der Waals surface area contributed by atoms with Crippen LogP contribution < -0.4 is 5.32 Å². The van der Waals surface area contributed by atoms with Gasteiger partial charge in [0.15, 0.2) is 23.2 Å². The van der Waals surface area contributed by atoms with E-state index >= 15 is 0 Å². The largest absolute Gasteiger partial charge is 0.467 e. The molecule has 25 heavy (non-hydrogen) atoms. The summed E-state index contributed by atoms with van der Waals surface area (Å²) in [5, 5.41) is 40.3. The minimum absolute atomic E-state index is 0.326. The molecule has 0 aromatic carbocycles. The third kappa shape index (κ3) is 2.72. The average molecular weight is 348 g/mol. The van der Waals surface area contributed by atoms with Crippen molar-refractivity contribution in [1.82, 2.24) is 25.0 Å². The van der Waals surface area contributed by atoms with Crippen LogP contribution in [0.1, 0.15) is 12.0 Å². The van der Waals surface area contributed by atoms with Crippen molar-refractivity contribution in [2.24, 2.45) is 0 Å². The lowest BCUT2D eigenvalue weighted by Gasteiger charge is -2.14. The Labute approximate surface area is 140 Å². The van der Waals surface area contributed by atoms with Gasteiger partial charge in [0, 0.05) is 0 Å². The summed E-state index contributed by atoms with van der Waals surface area (Å²) in [6, 6.07) is 3.60. The van der Waals surface area contributed by atoms with E-state index in [1.54, 1.807) is 12.3 Å². The SMILES string of the molecule is OC[C@H]1O[C@@H](n2nnc3c(NCc4ccco4)ncnc32)[C@@H](O)C1O. The summed E-state index contributed by atoms with van der Waals surface area (Å²) in [5.41, 5.74) is 0.707. The molecule has 1 aliphatic heterocycles. The highest BCUT2D eigenvalue weighted by Crippen LogP contribution is 2.31. The molecule has 0 saturated carbocycles. The van der Waals surface area contributed by atoms with Crippen LogP contribution in [0.25, 0.3) is 11.2 Å². The number of aliphatic hydroxyl groups excluding tert-OH is 3. The Balaban J connectivity index is 1.63. The number of fused-ring (bicyclic) bond motifs is 1. The average Bonchev–Trinajstić information content (AvgIpc) is 3.34. The van der Waals surface area contributed by atoms with Gasteiger partial charge in [-0.25, -0.2) is 9.97 Å². The third-order valence-electron chi connectivity index (χ3n) is 4.03. The summed E-state index contributed by atoms with van der Waals surface area (Å²) >= 11 is 0. The summed E-state index contributed by atoms with van der Waals surface area (Å²) in [5.74, 6) is 1.17. The van der Waals surface area contributed by atoms with E-state index in [1.165, 1.54) is 11.0 Å². The Kier molecular flexibility index (Phi) is 4.05. The van der Waals surface area contributed by atoms with Crippen LogP contribution in [0.4, 0.5) is 5.82 Å². The zero-order valence-corrected chi connectivity index (χ0v) is 12.9. The predicted molar refractivity (Wildman–Crippen MR) is 82.2 cm³/mol. The fraction of sp³-hybridized carbons (Fsp3) is 0.429. The van der Waals surface area contributed by atoms with Crippen LogP contribution in [0.15, 0.2) is 29.1 Å². The lowest BCUT2D eigenvalue weighted by molar-refractivity contribution is -0.0574. The molecule has 0 spiro atoms. The lowest BCUT2D eigenvalue weighted by Crippen LogP contribution is -2.33. The van der Waals surface area contributed by atoms with Crippen LogP contribution in [-0.4, -0.2) is 65.2 Å². The Morgan fingerprint density at radius 2 is 2.12 bits per heavy atom. The molecule has 1 unspecified atom stereocenters. The second-order valence-corrected chi connectivity index (χ2v) is 5.59. The maximum Gasteiger partial charge on any atom is 0.186 e. The highest BCUT2D eigenvalue weighted by molar-refractivity contribution is 5.81. The Morgan fingerprint density at radius 1 is 1.24 bits per heavy atom. The molecule has 4 atom stereocenters. The lowest BCUT2D eigenvalue weighted by atomic mass is 10.1. The van der Waals surface area contributed by atoms with Crippen LogP contribution in [-0.2, 0) is 11.3 Å². The van der Waals surface area contributed by atoms with Crippen molar-refractivity contribution in [3.63, 3.8) is 0 Å². The Hall–Kier alpha value is -2.60. The number of furan rings is 1. The molecule has 0 radical (unpaired) electrons. The summed E-state index contributed by atoms with van der Waals surface area (Å²) in [6.07, 6.45) is -1.51. The van der Waals surface area contributed by atoms with E-state index < -0.39 is 31.1 Å². The number of anilines is 1. The van der Waals surface area contributed by atoms with Crippen molar-refractivity contribution in [3.8, 4) is 0 Å². The molecule has 4 heterocycles. The van der Waals surface area contributed by atoms with Crippen LogP contribution >= 0.6 is 0 Å². The van der Waals surface area contributed by atoms with Gasteiger partial charge in [0.1, 0.15) is 30.4 Å². The molecule has 11 nitrogen and oxygen atoms in total. The summed E-state index contributed by atoms with van der Waals surface area (Å²) in [4.78, 5) is 8.27. The quantitative estimate of drug-likeness (QED) is 0.453. The third-order valence-corrected chi connectivity index (χ3v) is 4.03. The van der Waals surface area contributed by atoms with Gasteiger partial charge in [-0.05, 0) is 12.1 Å². The summed E-state index contributed by atoms with van der Waals surface area (Å²) in [6.45, 7) is -0.0217. The summed E-state index contributed by atoms with van der Waals surface area (Å²) in [7, 11) is 0. The molecule has 0 amide bonds. The fourth-order valence-corrected chi connectivity index (χ4v) is 2.73. The first kappa shape index (κ1) is 15.9. The number of rotatable bonds is 5. The first-order valence-corrected chi connectivity index (χ1v) is 7.63. The maximum atomic E-state index is 10.1. The number of hydrogen-bond donors (Lipinski definition) is 4. The van der Waals surface area contributed by atoms with Gasteiger partial charge in [0.05, 0.1) is 19.4 Å². The molecule has 4 N–H and O–H groups in total. The van der Waals surface area contributed by atoms with Gasteiger partial charge in [-0.2, -0.15) is 4.68 Å². The summed E-state index contributed by atoms with van der Waals surface area (Å²) < 4.78 is 12.0. The highest BCUT2D eigenvalue weighted by Gasteiger charge is 2.44.